The molecule has 20 heavy (non-hydrogen) atoms. The van der Waals surface area contributed by atoms with Crippen molar-refractivity contribution in [2.24, 2.45) is 5.73 Å². The standard InChI is InChI=1S/C16H21N3O/c1-3-20-15(12-7-5-4-6-8-12)14(17)13-11(2)9-10-19-16(13)18/h4-10,14-15H,3,17H2,1-2H3,(H2,18,19). The third-order valence-electron chi connectivity index (χ3n) is 3.37. The minimum atomic E-state index is -0.342. The molecule has 0 saturated heterocycles. The van der Waals surface area contributed by atoms with Gasteiger partial charge in [0.1, 0.15) is 11.9 Å². The number of benzene rings is 1. The molecule has 2 rings (SSSR count). The van der Waals surface area contributed by atoms with E-state index >= 15 is 0 Å². The van der Waals surface area contributed by atoms with Crippen molar-refractivity contribution in [3.8, 4) is 0 Å². The number of anilines is 1. The van der Waals surface area contributed by atoms with Gasteiger partial charge in [-0.1, -0.05) is 30.3 Å². The van der Waals surface area contributed by atoms with Gasteiger partial charge in [0.05, 0.1) is 6.04 Å². The van der Waals surface area contributed by atoms with E-state index in [0.29, 0.717) is 12.4 Å². The van der Waals surface area contributed by atoms with Crippen LogP contribution in [0.15, 0.2) is 42.6 Å². The normalized spacial score (nSPS) is 13.9. The van der Waals surface area contributed by atoms with Crippen LogP contribution in [-0.4, -0.2) is 11.6 Å². The Morgan fingerprint density at radius 1 is 1.20 bits per heavy atom. The number of rotatable bonds is 5. The molecule has 0 spiro atoms. The molecule has 0 amide bonds. The van der Waals surface area contributed by atoms with E-state index in [1.165, 1.54) is 0 Å². The molecule has 4 heteroatoms. The lowest BCUT2D eigenvalue weighted by atomic mass is 9.94. The van der Waals surface area contributed by atoms with E-state index in [4.69, 9.17) is 16.2 Å². The summed E-state index contributed by atoms with van der Waals surface area (Å²) in [7, 11) is 0. The third-order valence-corrected chi connectivity index (χ3v) is 3.37. The van der Waals surface area contributed by atoms with Crippen LogP contribution < -0.4 is 11.5 Å². The van der Waals surface area contributed by atoms with Gasteiger partial charge in [-0.15, -0.1) is 0 Å². The topological polar surface area (TPSA) is 74.2 Å². The average Bonchev–Trinajstić information content (AvgIpc) is 2.45. The number of nitrogens with zero attached hydrogens (tertiary/aromatic N) is 1. The van der Waals surface area contributed by atoms with Crippen molar-refractivity contribution >= 4 is 5.82 Å². The average molecular weight is 271 g/mol. The van der Waals surface area contributed by atoms with Gasteiger partial charge >= 0.3 is 0 Å². The van der Waals surface area contributed by atoms with E-state index in [-0.39, 0.29) is 12.1 Å². The summed E-state index contributed by atoms with van der Waals surface area (Å²) in [5, 5.41) is 0. The summed E-state index contributed by atoms with van der Waals surface area (Å²) in [5.74, 6) is 0.470. The molecule has 0 aliphatic heterocycles. The number of aryl methyl sites for hydroxylation is 1. The molecule has 1 heterocycles. The van der Waals surface area contributed by atoms with Crippen LogP contribution >= 0.6 is 0 Å². The number of nitrogens with two attached hydrogens (primary N) is 2. The number of aromatic nitrogens is 1. The van der Waals surface area contributed by atoms with Crippen LogP contribution in [0.4, 0.5) is 5.82 Å². The molecule has 2 atom stereocenters. The van der Waals surface area contributed by atoms with Gasteiger partial charge in [-0.2, -0.15) is 0 Å². The molecule has 4 N–H and O–H groups in total. The van der Waals surface area contributed by atoms with Gasteiger partial charge in [0.25, 0.3) is 0 Å². The first-order chi connectivity index (χ1) is 9.65. The van der Waals surface area contributed by atoms with E-state index in [0.717, 1.165) is 16.7 Å². The Morgan fingerprint density at radius 2 is 1.90 bits per heavy atom. The Balaban J connectivity index is 2.39. The summed E-state index contributed by atoms with van der Waals surface area (Å²) < 4.78 is 5.85. The van der Waals surface area contributed by atoms with Gasteiger partial charge in [0.2, 0.25) is 0 Å². The zero-order valence-corrected chi connectivity index (χ0v) is 11.9. The lowest BCUT2D eigenvalue weighted by molar-refractivity contribution is 0.0429. The fourth-order valence-electron chi connectivity index (χ4n) is 2.41. The SMILES string of the molecule is CCOC(c1ccccc1)C(N)c1c(C)ccnc1N. The third kappa shape index (κ3) is 2.98. The van der Waals surface area contributed by atoms with Gasteiger partial charge < -0.3 is 16.2 Å². The van der Waals surface area contributed by atoms with Crippen LogP contribution in [0.25, 0.3) is 0 Å². The van der Waals surface area contributed by atoms with Gasteiger partial charge in [-0.3, -0.25) is 0 Å². The Labute approximate surface area is 119 Å². The largest absolute Gasteiger partial charge is 0.383 e. The van der Waals surface area contributed by atoms with Crippen molar-refractivity contribution in [3.63, 3.8) is 0 Å². The van der Waals surface area contributed by atoms with Crippen molar-refractivity contribution in [2.75, 3.05) is 12.3 Å². The first-order valence-electron chi connectivity index (χ1n) is 6.78. The lowest BCUT2D eigenvalue weighted by Crippen LogP contribution is -2.24. The Kier molecular flexibility index (Phi) is 4.71. The van der Waals surface area contributed by atoms with E-state index < -0.39 is 0 Å². The second kappa shape index (κ2) is 6.50. The molecule has 0 bridgehead atoms. The van der Waals surface area contributed by atoms with Crippen LogP contribution in [0.3, 0.4) is 0 Å². The van der Waals surface area contributed by atoms with Crippen LogP contribution in [0, 0.1) is 6.92 Å². The van der Waals surface area contributed by atoms with Crippen molar-refractivity contribution in [1.82, 2.24) is 4.98 Å². The van der Waals surface area contributed by atoms with E-state index in [2.05, 4.69) is 4.98 Å². The smallest absolute Gasteiger partial charge is 0.128 e. The highest BCUT2D eigenvalue weighted by Gasteiger charge is 2.25. The van der Waals surface area contributed by atoms with Crippen LogP contribution in [-0.2, 0) is 4.74 Å². The summed E-state index contributed by atoms with van der Waals surface area (Å²) >= 11 is 0. The molecule has 1 aromatic carbocycles. The summed E-state index contributed by atoms with van der Waals surface area (Å²) in [6, 6.07) is 11.5. The molecular weight excluding hydrogens is 250 g/mol. The molecule has 0 aliphatic rings. The van der Waals surface area contributed by atoms with E-state index in [1.54, 1.807) is 6.20 Å². The molecule has 0 radical (unpaired) electrons. The van der Waals surface area contributed by atoms with E-state index in [1.807, 2.05) is 50.2 Å². The van der Waals surface area contributed by atoms with Crippen LogP contribution in [0.5, 0.6) is 0 Å². The Hall–Kier alpha value is -1.91. The van der Waals surface area contributed by atoms with Crippen molar-refractivity contribution < 1.29 is 4.74 Å². The fourth-order valence-corrected chi connectivity index (χ4v) is 2.41. The zero-order valence-electron chi connectivity index (χ0n) is 11.9. The minimum Gasteiger partial charge on any atom is -0.383 e. The zero-order chi connectivity index (χ0) is 14.5. The number of hydrogen-bond acceptors (Lipinski definition) is 4. The van der Waals surface area contributed by atoms with Crippen molar-refractivity contribution in [1.29, 1.82) is 0 Å². The highest BCUT2D eigenvalue weighted by Crippen LogP contribution is 2.33. The summed E-state index contributed by atoms with van der Waals surface area (Å²) in [4.78, 5) is 4.14. The lowest BCUT2D eigenvalue weighted by Gasteiger charge is -2.26. The predicted molar refractivity (Wildman–Crippen MR) is 81.1 cm³/mol. The molecule has 0 saturated carbocycles. The summed E-state index contributed by atoms with van der Waals surface area (Å²) in [6.45, 7) is 4.54. The number of nitrogen functional groups attached to an aromatic ring is 1. The van der Waals surface area contributed by atoms with Gasteiger partial charge in [0, 0.05) is 18.4 Å². The second-order valence-corrected chi connectivity index (χ2v) is 4.74. The minimum absolute atomic E-state index is 0.230. The molecule has 0 fully saturated rings. The quantitative estimate of drug-likeness (QED) is 0.877. The summed E-state index contributed by atoms with van der Waals surface area (Å²) in [5.41, 5.74) is 15.3. The first kappa shape index (κ1) is 14.5. The Morgan fingerprint density at radius 3 is 2.50 bits per heavy atom. The highest BCUT2D eigenvalue weighted by atomic mass is 16.5. The first-order valence-corrected chi connectivity index (χ1v) is 6.78. The molecule has 1 aromatic heterocycles. The molecule has 2 aromatic rings. The predicted octanol–water partition coefficient (Wildman–Crippen LogP) is 2.75. The number of ether oxygens (including phenoxy) is 1. The molecule has 0 aliphatic carbocycles. The van der Waals surface area contributed by atoms with Crippen molar-refractivity contribution in [2.45, 2.75) is 26.0 Å². The number of hydrogen-bond donors (Lipinski definition) is 2. The maximum atomic E-state index is 6.41. The summed E-state index contributed by atoms with van der Waals surface area (Å²) in [6.07, 6.45) is 1.46. The fraction of sp³-hybridized carbons (Fsp3) is 0.312. The second-order valence-electron chi connectivity index (χ2n) is 4.74. The maximum Gasteiger partial charge on any atom is 0.128 e. The monoisotopic (exact) mass is 271 g/mol. The van der Waals surface area contributed by atoms with Gasteiger partial charge in [0.15, 0.2) is 0 Å². The maximum absolute atomic E-state index is 6.41. The number of pyridine rings is 1. The van der Waals surface area contributed by atoms with Crippen molar-refractivity contribution in [3.05, 3.63) is 59.3 Å². The molecular formula is C16H21N3O. The van der Waals surface area contributed by atoms with E-state index in [9.17, 15) is 0 Å². The molecule has 4 nitrogen and oxygen atoms in total. The Bertz CT molecular complexity index is 537. The molecule has 2 unspecified atom stereocenters. The van der Waals surface area contributed by atoms with Crippen LogP contribution in [0.2, 0.25) is 0 Å². The highest BCUT2D eigenvalue weighted by molar-refractivity contribution is 5.47. The van der Waals surface area contributed by atoms with Gasteiger partial charge in [-0.25, -0.2) is 4.98 Å². The van der Waals surface area contributed by atoms with Gasteiger partial charge in [-0.05, 0) is 31.0 Å². The van der Waals surface area contributed by atoms with Crippen LogP contribution in [0.1, 0.15) is 35.8 Å². The molecule has 106 valence electrons.